The van der Waals surface area contributed by atoms with E-state index in [2.05, 4.69) is 17.3 Å². The van der Waals surface area contributed by atoms with Crippen molar-refractivity contribution < 1.29 is 9.21 Å². The molecule has 0 spiro atoms. The molecule has 0 unspecified atom stereocenters. The number of nitrogens with zero attached hydrogens (tertiary/aromatic N) is 1. The number of carbonyl (C=O) groups excluding carboxylic acids is 1. The van der Waals surface area contributed by atoms with Crippen LogP contribution in [0.3, 0.4) is 0 Å². The third-order valence-electron chi connectivity index (χ3n) is 4.05. The van der Waals surface area contributed by atoms with Crippen molar-refractivity contribution in [2.24, 2.45) is 0 Å². The molecule has 0 aliphatic carbocycles. The molecule has 4 nitrogen and oxygen atoms in total. The third kappa shape index (κ3) is 2.43. The Morgan fingerprint density at radius 1 is 1.30 bits per heavy atom. The van der Waals surface area contributed by atoms with E-state index in [0.717, 1.165) is 36.9 Å². The number of carbonyl (C=O) groups is 1. The van der Waals surface area contributed by atoms with Gasteiger partial charge in [-0.05, 0) is 46.0 Å². The molecule has 0 radical (unpaired) electrons. The van der Waals surface area contributed by atoms with Gasteiger partial charge in [-0.15, -0.1) is 0 Å². The van der Waals surface area contributed by atoms with Crippen molar-refractivity contribution in [3.63, 3.8) is 0 Å². The fourth-order valence-corrected chi connectivity index (χ4v) is 2.86. The molecule has 1 aromatic heterocycles. The number of para-hydroxylation sites is 1. The minimum atomic E-state index is -0.0120. The van der Waals surface area contributed by atoms with E-state index in [9.17, 15) is 4.79 Å². The molecule has 106 valence electrons. The summed E-state index contributed by atoms with van der Waals surface area (Å²) in [5.41, 5.74) is 1.46. The van der Waals surface area contributed by atoms with Gasteiger partial charge >= 0.3 is 0 Å². The summed E-state index contributed by atoms with van der Waals surface area (Å²) < 4.78 is 5.66. The molecule has 20 heavy (non-hydrogen) atoms. The number of aryl methyl sites for hydroxylation is 1. The van der Waals surface area contributed by atoms with Crippen LogP contribution in [-0.4, -0.2) is 37.0 Å². The number of fused-ring (bicyclic) bond motifs is 1. The van der Waals surface area contributed by atoms with Gasteiger partial charge in [-0.3, -0.25) is 4.79 Å². The van der Waals surface area contributed by atoms with Crippen molar-refractivity contribution in [1.29, 1.82) is 0 Å². The van der Waals surface area contributed by atoms with E-state index in [4.69, 9.17) is 4.42 Å². The van der Waals surface area contributed by atoms with Crippen LogP contribution in [0.1, 0.15) is 29.0 Å². The summed E-state index contributed by atoms with van der Waals surface area (Å²) in [4.78, 5) is 14.8. The van der Waals surface area contributed by atoms with Crippen LogP contribution >= 0.6 is 0 Å². The van der Waals surface area contributed by atoms with Gasteiger partial charge in [0.15, 0.2) is 0 Å². The molecule has 1 amide bonds. The molecule has 0 atom stereocenters. The minimum Gasteiger partial charge on any atom is -0.461 e. The van der Waals surface area contributed by atoms with E-state index >= 15 is 0 Å². The van der Waals surface area contributed by atoms with Crippen LogP contribution in [0, 0.1) is 6.92 Å². The Kier molecular flexibility index (Phi) is 3.49. The Balaban J connectivity index is 1.80. The van der Waals surface area contributed by atoms with Gasteiger partial charge in [0.2, 0.25) is 0 Å². The van der Waals surface area contributed by atoms with E-state index in [0.29, 0.717) is 11.3 Å². The molecule has 1 saturated heterocycles. The van der Waals surface area contributed by atoms with Gasteiger partial charge in [0.25, 0.3) is 5.91 Å². The molecule has 1 aliphatic rings. The molecule has 3 rings (SSSR count). The van der Waals surface area contributed by atoms with Crippen LogP contribution in [0.15, 0.2) is 28.7 Å². The van der Waals surface area contributed by atoms with Crippen LogP contribution in [0.4, 0.5) is 0 Å². The van der Waals surface area contributed by atoms with E-state index in [1.807, 2.05) is 31.2 Å². The van der Waals surface area contributed by atoms with Crippen molar-refractivity contribution in [2.45, 2.75) is 25.8 Å². The number of nitrogens with one attached hydrogen (secondary N) is 1. The van der Waals surface area contributed by atoms with Crippen molar-refractivity contribution in [1.82, 2.24) is 10.2 Å². The van der Waals surface area contributed by atoms with Crippen molar-refractivity contribution in [2.75, 3.05) is 20.1 Å². The Bertz CT molecular complexity index is 624. The summed E-state index contributed by atoms with van der Waals surface area (Å²) in [6.07, 6.45) is 2.02. The first-order valence-electron chi connectivity index (χ1n) is 7.12. The number of likely N-dealkylation sites (tertiary alicyclic amines) is 1. The highest BCUT2D eigenvalue weighted by Crippen LogP contribution is 2.25. The summed E-state index contributed by atoms with van der Waals surface area (Å²) in [5, 5.41) is 4.05. The number of rotatable bonds is 2. The summed E-state index contributed by atoms with van der Waals surface area (Å²) in [5.74, 6) is 0.679. The summed E-state index contributed by atoms with van der Waals surface area (Å²) >= 11 is 0. The molecule has 0 saturated carbocycles. The second kappa shape index (κ2) is 5.29. The van der Waals surface area contributed by atoms with Gasteiger partial charge in [-0.25, -0.2) is 0 Å². The fourth-order valence-electron chi connectivity index (χ4n) is 2.86. The van der Waals surface area contributed by atoms with Crippen LogP contribution in [0.5, 0.6) is 0 Å². The van der Waals surface area contributed by atoms with Crippen LogP contribution in [0.25, 0.3) is 11.0 Å². The zero-order valence-corrected chi connectivity index (χ0v) is 12.0. The largest absolute Gasteiger partial charge is 0.461 e. The first-order chi connectivity index (χ1) is 9.65. The number of furan rings is 1. The maximum Gasteiger partial charge on any atom is 0.255 e. The third-order valence-corrected chi connectivity index (χ3v) is 4.05. The van der Waals surface area contributed by atoms with Crippen LogP contribution in [-0.2, 0) is 0 Å². The molecule has 0 bridgehead atoms. The smallest absolute Gasteiger partial charge is 0.255 e. The molecule has 2 heterocycles. The highest BCUT2D eigenvalue weighted by Gasteiger charge is 2.22. The van der Waals surface area contributed by atoms with E-state index < -0.39 is 0 Å². The lowest BCUT2D eigenvalue weighted by molar-refractivity contribution is 0.0917. The summed E-state index contributed by atoms with van der Waals surface area (Å²) in [6, 6.07) is 7.96. The van der Waals surface area contributed by atoms with Gasteiger partial charge in [-0.2, -0.15) is 0 Å². The zero-order chi connectivity index (χ0) is 14.1. The lowest BCUT2D eigenvalue weighted by Crippen LogP contribution is -2.43. The van der Waals surface area contributed by atoms with Crippen molar-refractivity contribution >= 4 is 16.9 Å². The number of benzene rings is 1. The van der Waals surface area contributed by atoms with Gasteiger partial charge in [0, 0.05) is 11.4 Å². The maximum atomic E-state index is 12.5. The Labute approximate surface area is 118 Å². The zero-order valence-electron chi connectivity index (χ0n) is 12.0. The topological polar surface area (TPSA) is 45.5 Å². The number of hydrogen-bond donors (Lipinski definition) is 1. The van der Waals surface area contributed by atoms with E-state index in [-0.39, 0.29) is 11.9 Å². The van der Waals surface area contributed by atoms with Gasteiger partial charge in [0.05, 0.1) is 5.56 Å². The molecule has 1 N–H and O–H groups in total. The van der Waals surface area contributed by atoms with E-state index in [1.54, 1.807) is 0 Å². The highest BCUT2D eigenvalue weighted by atomic mass is 16.3. The number of hydrogen-bond acceptors (Lipinski definition) is 3. The molecule has 1 fully saturated rings. The first kappa shape index (κ1) is 13.2. The first-order valence-corrected chi connectivity index (χ1v) is 7.12. The monoisotopic (exact) mass is 272 g/mol. The predicted octanol–water partition coefficient (Wildman–Crippen LogP) is 2.57. The minimum absolute atomic E-state index is 0.0120. The van der Waals surface area contributed by atoms with Gasteiger partial charge < -0.3 is 14.6 Å². The predicted molar refractivity (Wildman–Crippen MR) is 78.9 cm³/mol. The standard InChI is InChI=1S/C16H20N2O2/c1-11-15(13-5-3-4-6-14(13)20-11)16(19)17-12-7-9-18(2)10-8-12/h3-6,12H,7-10H2,1-2H3,(H,17,19). The number of amides is 1. The molecular formula is C16H20N2O2. The Morgan fingerprint density at radius 2 is 2.00 bits per heavy atom. The average molecular weight is 272 g/mol. The highest BCUT2D eigenvalue weighted by molar-refractivity contribution is 6.07. The fraction of sp³-hybridized carbons (Fsp3) is 0.438. The maximum absolute atomic E-state index is 12.5. The quantitative estimate of drug-likeness (QED) is 0.914. The van der Waals surface area contributed by atoms with Crippen LogP contribution in [0.2, 0.25) is 0 Å². The van der Waals surface area contributed by atoms with Gasteiger partial charge in [0.1, 0.15) is 11.3 Å². The lowest BCUT2D eigenvalue weighted by atomic mass is 10.0. The Hall–Kier alpha value is -1.81. The molecule has 1 aromatic carbocycles. The van der Waals surface area contributed by atoms with Crippen molar-refractivity contribution in [3.8, 4) is 0 Å². The molecule has 1 aliphatic heterocycles. The lowest BCUT2D eigenvalue weighted by Gasteiger charge is -2.29. The summed E-state index contributed by atoms with van der Waals surface area (Å²) in [7, 11) is 2.12. The van der Waals surface area contributed by atoms with E-state index in [1.165, 1.54) is 0 Å². The number of piperidine rings is 1. The van der Waals surface area contributed by atoms with Gasteiger partial charge in [-0.1, -0.05) is 18.2 Å². The second-order valence-corrected chi connectivity index (χ2v) is 5.58. The van der Waals surface area contributed by atoms with Crippen LogP contribution < -0.4 is 5.32 Å². The molecule has 4 heteroatoms. The molecule has 2 aromatic rings. The van der Waals surface area contributed by atoms with Crippen molar-refractivity contribution in [3.05, 3.63) is 35.6 Å². The molecular weight excluding hydrogens is 252 g/mol. The summed E-state index contributed by atoms with van der Waals surface area (Å²) in [6.45, 7) is 3.93. The normalized spacial score (nSPS) is 17.5. The second-order valence-electron chi connectivity index (χ2n) is 5.58. The SMILES string of the molecule is Cc1oc2ccccc2c1C(=O)NC1CCN(C)CC1. The average Bonchev–Trinajstić information content (AvgIpc) is 2.77. The Morgan fingerprint density at radius 3 is 2.75 bits per heavy atom.